The molecule has 1 aromatic heterocycles. The van der Waals surface area contributed by atoms with Gasteiger partial charge in [0.2, 0.25) is 11.8 Å². The predicted molar refractivity (Wildman–Crippen MR) is 138 cm³/mol. The molecule has 1 N–H and O–H groups in total. The van der Waals surface area contributed by atoms with Gasteiger partial charge < -0.3 is 10.1 Å². The Labute approximate surface area is 205 Å². The molecule has 2 aromatic carbocycles. The van der Waals surface area contributed by atoms with E-state index in [0.29, 0.717) is 5.75 Å². The normalized spacial score (nSPS) is 14.6. The lowest BCUT2D eigenvalue weighted by Gasteiger charge is -2.34. The lowest BCUT2D eigenvalue weighted by molar-refractivity contribution is -0.127. The average Bonchev–Trinajstić information content (AvgIpc) is 3.53. The fourth-order valence-corrected chi connectivity index (χ4v) is 5.48. The molecule has 1 fully saturated rings. The number of thiophene rings is 1. The summed E-state index contributed by atoms with van der Waals surface area (Å²) in [5.41, 5.74) is 3.49. The number of methoxy groups -OCH3 is 1. The maximum absolute atomic E-state index is 13.9. The molecule has 1 heterocycles. The third-order valence-corrected chi connectivity index (χ3v) is 7.37. The molecule has 34 heavy (non-hydrogen) atoms. The summed E-state index contributed by atoms with van der Waals surface area (Å²) >= 11 is 1.55. The van der Waals surface area contributed by atoms with Gasteiger partial charge >= 0.3 is 0 Å². The van der Waals surface area contributed by atoms with E-state index in [1.165, 1.54) is 0 Å². The van der Waals surface area contributed by atoms with Crippen molar-refractivity contribution in [2.75, 3.05) is 12.0 Å². The summed E-state index contributed by atoms with van der Waals surface area (Å²) < 4.78 is 5.34. The van der Waals surface area contributed by atoms with E-state index in [1.54, 1.807) is 23.3 Å². The van der Waals surface area contributed by atoms with Crippen LogP contribution in [0.25, 0.3) is 0 Å². The number of amides is 2. The Morgan fingerprint density at radius 2 is 1.71 bits per heavy atom. The second-order valence-corrected chi connectivity index (χ2v) is 9.96. The number of anilines is 1. The van der Waals surface area contributed by atoms with Gasteiger partial charge in [-0.05, 0) is 67.0 Å². The first-order chi connectivity index (χ1) is 16.5. The highest BCUT2D eigenvalue weighted by atomic mass is 32.1. The molecule has 0 aliphatic heterocycles. The van der Waals surface area contributed by atoms with Gasteiger partial charge in [0.15, 0.2) is 0 Å². The summed E-state index contributed by atoms with van der Waals surface area (Å²) in [5, 5.41) is 5.22. The second-order valence-electron chi connectivity index (χ2n) is 8.93. The number of ether oxygens (including phenoxy) is 1. The number of carbonyl (C=O) groups is 2. The van der Waals surface area contributed by atoms with Crippen molar-refractivity contribution in [2.24, 2.45) is 0 Å². The number of hydrogen-bond acceptors (Lipinski definition) is 4. The van der Waals surface area contributed by atoms with Crippen molar-refractivity contribution in [3.8, 4) is 5.75 Å². The quantitative estimate of drug-likeness (QED) is 0.450. The standard InChI is InChI=1S/C28H32N2O3S/c1-19-8-6-9-20(2)26(19)30(25(31)18-24-12-7-17-34-24)27(21-13-15-23(33-3)16-14-21)28(32)29-22-10-4-5-11-22/h6-9,12-17,22,27H,4-5,10-11,18H2,1-3H3,(H,29,32)/t27-/m0/s1. The topological polar surface area (TPSA) is 58.6 Å². The van der Waals surface area contributed by atoms with Crippen LogP contribution >= 0.6 is 11.3 Å². The molecule has 1 atom stereocenters. The van der Waals surface area contributed by atoms with Gasteiger partial charge in [-0.15, -0.1) is 11.3 Å². The molecule has 1 saturated carbocycles. The van der Waals surface area contributed by atoms with E-state index in [2.05, 4.69) is 5.32 Å². The van der Waals surface area contributed by atoms with Crippen LogP contribution in [0.2, 0.25) is 0 Å². The molecular weight excluding hydrogens is 444 g/mol. The molecule has 178 valence electrons. The minimum absolute atomic E-state index is 0.0951. The molecule has 4 rings (SSSR count). The van der Waals surface area contributed by atoms with E-state index in [4.69, 9.17) is 4.74 Å². The second kappa shape index (κ2) is 10.9. The summed E-state index contributed by atoms with van der Waals surface area (Å²) in [6.45, 7) is 3.99. The molecular formula is C28H32N2O3S. The van der Waals surface area contributed by atoms with E-state index in [1.807, 2.05) is 73.8 Å². The van der Waals surface area contributed by atoms with Gasteiger partial charge in [0.25, 0.3) is 0 Å². The summed E-state index contributed by atoms with van der Waals surface area (Å²) in [4.78, 5) is 30.5. The zero-order valence-corrected chi connectivity index (χ0v) is 20.9. The van der Waals surface area contributed by atoms with Crippen molar-refractivity contribution in [3.05, 3.63) is 81.5 Å². The Morgan fingerprint density at radius 1 is 1.03 bits per heavy atom. The van der Waals surface area contributed by atoms with E-state index >= 15 is 0 Å². The van der Waals surface area contributed by atoms with Gasteiger partial charge in [0, 0.05) is 10.9 Å². The number of benzene rings is 2. The van der Waals surface area contributed by atoms with Crippen LogP contribution in [0, 0.1) is 13.8 Å². The van der Waals surface area contributed by atoms with Crippen LogP contribution in [0.1, 0.15) is 53.3 Å². The minimum Gasteiger partial charge on any atom is -0.497 e. The largest absolute Gasteiger partial charge is 0.497 e. The molecule has 0 unspecified atom stereocenters. The number of carbonyl (C=O) groups excluding carboxylic acids is 2. The Bertz CT molecular complexity index is 1100. The van der Waals surface area contributed by atoms with Crippen LogP contribution in [-0.4, -0.2) is 25.0 Å². The highest BCUT2D eigenvalue weighted by molar-refractivity contribution is 7.10. The fourth-order valence-electron chi connectivity index (χ4n) is 4.78. The zero-order chi connectivity index (χ0) is 24.1. The molecule has 5 nitrogen and oxygen atoms in total. The number of nitrogens with zero attached hydrogens (tertiary/aromatic N) is 1. The maximum atomic E-state index is 13.9. The van der Waals surface area contributed by atoms with Crippen LogP contribution in [0.5, 0.6) is 5.75 Å². The molecule has 0 bridgehead atoms. The third-order valence-electron chi connectivity index (χ3n) is 6.49. The van der Waals surface area contributed by atoms with Crippen molar-refractivity contribution in [1.29, 1.82) is 0 Å². The zero-order valence-electron chi connectivity index (χ0n) is 20.0. The van der Waals surface area contributed by atoms with Gasteiger partial charge in [0.1, 0.15) is 11.8 Å². The van der Waals surface area contributed by atoms with Crippen LogP contribution in [0.4, 0.5) is 5.69 Å². The number of para-hydroxylation sites is 1. The molecule has 3 aromatic rings. The van der Waals surface area contributed by atoms with Crippen molar-refractivity contribution in [3.63, 3.8) is 0 Å². The molecule has 0 saturated heterocycles. The summed E-state index contributed by atoms with van der Waals surface area (Å²) in [7, 11) is 1.62. The van der Waals surface area contributed by atoms with E-state index in [-0.39, 0.29) is 24.3 Å². The van der Waals surface area contributed by atoms with Gasteiger partial charge in [0.05, 0.1) is 19.2 Å². The van der Waals surface area contributed by atoms with Gasteiger partial charge in [-0.1, -0.05) is 49.2 Å². The van der Waals surface area contributed by atoms with E-state index in [9.17, 15) is 9.59 Å². The first kappa shape index (κ1) is 24.0. The lowest BCUT2D eigenvalue weighted by atomic mass is 9.98. The predicted octanol–water partition coefficient (Wildman–Crippen LogP) is 5.75. The molecule has 2 amide bonds. The molecule has 0 spiro atoms. The summed E-state index contributed by atoms with van der Waals surface area (Å²) in [6.07, 6.45) is 4.45. The molecule has 6 heteroatoms. The van der Waals surface area contributed by atoms with Crippen LogP contribution < -0.4 is 15.0 Å². The summed E-state index contributed by atoms with van der Waals surface area (Å²) in [6, 6.07) is 16.7. The highest BCUT2D eigenvalue weighted by Gasteiger charge is 2.35. The first-order valence-corrected chi connectivity index (χ1v) is 12.7. The molecule has 0 radical (unpaired) electrons. The molecule has 1 aliphatic carbocycles. The van der Waals surface area contributed by atoms with Crippen molar-refractivity contribution >= 4 is 28.8 Å². The Balaban J connectivity index is 1.81. The number of nitrogens with one attached hydrogen (secondary N) is 1. The third kappa shape index (κ3) is 5.33. The average molecular weight is 477 g/mol. The Hall–Kier alpha value is -3.12. The van der Waals surface area contributed by atoms with Gasteiger partial charge in [-0.25, -0.2) is 0 Å². The van der Waals surface area contributed by atoms with Crippen LogP contribution in [0.15, 0.2) is 60.0 Å². The highest BCUT2D eigenvalue weighted by Crippen LogP contribution is 2.35. The fraction of sp³-hybridized carbons (Fsp3) is 0.357. The van der Waals surface area contributed by atoms with E-state index < -0.39 is 6.04 Å². The minimum atomic E-state index is -0.779. The number of rotatable bonds is 8. The first-order valence-electron chi connectivity index (χ1n) is 11.8. The van der Waals surface area contributed by atoms with E-state index in [0.717, 1.165) is 52.9 Å². The van der Waals surface area contributed by atoms with Crippen LogP contribution in [0.3, 0.4) is 0 Å². The molecule has 1 aliphatic rings. The van der Waals surface area contributed by atoms with Crippen molar-refractivity contribution < 1.29 is 14.3 Å². The smallest absolute Gasteiger partial charge is 0.248 e. The van der Waals surface area contributed by atoms with Crippen LogP contribution in [-0.2, 0) is 16.0 Å². The SMILES string of the molecule is COc1ccc([C@@H](C(=O)NC2CCCC2)N(C(=O)Cc2cccs2)c2c(C)cccc2C)cc1. The summed E-state index contributed by atoms with van der Waals surface area (Å²) in [5.74, 6) is 0.476. The lowest BCUT2D eigenvalue weighted by Crippen LogP contribution is -2.47. The Morgan fingerprint density at radius 3 is 2.29 bits per heavy atom. The van der Waals surface area contributed by atoms with Gasteiger partial charge in [-0.2, -0.15) is 0 Å². The van der Waals surface area contributed by atoms with Gasteiger partial charge in [-0.3, -0.25) is 14.5 Å². The monoisotopic (exact) mass is 476 g/mol. The number of aryl methyl sites for hydroxylation is 2. The maximum Gasteiger partial charge on any atom is 0.248 e. The van der Waals surface area contributed by atoms with Crippen molar-refractivity contribution in [1.82, 2.24) is 5.32 Å². The van der Waals surface area contributed by atoms with Crippen molar-refractivity contribution in [2.45, 2.75) is 58.0 Å². The number of hydrogen-bond donors (Lipinski definition) is 1. The Kier molecular flexibility index (Phi) is 7.68.